The van der Waals surface area contributed by atoms with E-state index in [-0.39, 0.29) is 17.9 Å². The number of hydrogen-bond donors (Lipinski definition) is 2. The van der Waals surface area contributed by atoms with Crippen LogP contribution in [0.15, 0.2) is 18.2 Å². The Balaban J connectivity index is 1.82. The largest absolute Gasteiger partial charge is 0.497 e. The van der Waals surface area contributed by atoms with E-state index in [1.807, 2.05) is 17.0 Å². The van der Waals surface area contributed by atoms with Gasteiger partial charge in [-0.15, -0.1) is 0 Å². The molecule has 1 aromatic carbocycles. The molecule has 0 saturated carbocycles. The molecule has 1 aromatic heterocycles. The number of aromatic nitrogens is 1. The summed E-state index contributed by atoms with van der Waals surface area (Å²) in [5.41, 5.74) is 3.22. The Kier molecular flexibility index (Phi) is 5.05. The molecular weight excluding hydrogens is 366 g/mol. The predicted octanol–water partition coefficient (Wildman–Crippen LogP) is 3.56. The van der Waals surface area contributed by atoms with Crippen molar-refractivity contribution in [2.45, 2.75) is 65.1 Å². The third-order valence-corrected chi connectivity index (χ3v) is 6.12. The highest BCUT2D eigenvalue weighted by atomic mass is 16.5. The molecule has 3 atom stereocenters. The molecule has 0 radical (unpaired) electrons. The molecule has 6 nitrogen and oxygen atoms in total. The molecule has 0 spiro atoms. The maximum atomic E-state index is 13.4. The van der Waals surface area contributed by atoms with Crippen LogP contribution in [0.5, 0.6) is 5.75 Å². The van der Waals surface area contributed by atoms with E-state index < -0.39 is 12.1 Å². The van der Waals surface area contributed by atoms with E-state index in [1.165, 1.54) is 0 Å². The first kappa shape index (κ1) is 19.8. The summed E-state index contributed by atoms with van der Waals surface area (Å²) in [5, 5.41) is 4.11. The topological polar surface area (TPSA) is 74.4 Å². The zero-order chi connectivity index (χ0) is 20.9. The molecule has 1 saturated heterocycles. The van der Waals surface area contributed by atoms with E-state index in [0.717, 1.165) is 34.3 Å². The molecule has 2 amide bonds. The first-order valence-corrected chi connectivity index (χ1v) is 10.6. The normalized spacial score (nSPS) is 24.1. The van der Waals surface area contributed by atoms with E-state index in [9.17, 15) is 9.59 Å². The van der Waals surface area contributed by atoms with Crippen LogP contribution in [-0.2, 0) is 16.0 Å². The van der Waals surface area contributed by atoms with Gasteiger partial charge in [0.15, 0.2) is 0 Å². The van der Waals surface area contributed by atoms with E-state index in [0.29, 0.717) is 24.7 Å². The molecule has 6 heteroatoms. The van der Waals surface area contributed by atoms with Gasteiger partial charge in [0.25, 0.3) is 0 Å². The molecule has 0 bridgehead atoms. The van der Waals surface area contributed by atoms with Gasteiger partial charge in [-0.05, 0) is 42.4 Å². The molecule has 3 heterocycles. The van der Waals surface area contributed by atoms with Crippen LogP contribution in [0.25, 0.3) is 10.9 Å². The van der Waals surface area contributed by atoms with Gasteiger partial charge in [0.05, 0.1) is 13.2 Å². The Morgan fingerprint density at radius 1 is 1.14 bits per heavy atom. The maximum absolute atomic E-state index is 13.4. The summed E-state index contributed by atoms with van der Waals surface area (Å²) >= 11 is 0. The minimum Gasteiger partial charge on any atom is -0.497 e. The number of hydrogen-bond acceptors (Lipinski definition) is 3. The number of fused-ring (bicyclic) bond motifs is 4. The number of aromatic amines is 1. The number of amides is 2. The molecule has 2 N–H and O–H groups in total. The van der Waals surface area contributed by atoms with Crippen LogP contribution in [0.1, 0.15) is 57.8 Å². The van der Waals surface area contributed by atoms with Crippen molar-refractivity contribution in [3.63, 3.8) is 0 Å². The SMILES string of the molecule is COc1ccc2c3c([nH]c2c1)[C@H](CC(C)C)N1C(=O)[C@H](CC(C)C)NC(=O)[C@@H]1C3. The fourth-order valence-electron chi connectivity index (χ4n) is 4.88. The Bertz CT molecular complexity index is 946. The van der Waals surface area contributed by atoms with Crippen LogP contribution in [0, 0.1) is 11.8 Å². The molecule has 2 aromatic rings. The van der Waals surface area contributed by atoms with Gasteiger partial charge >= 0.3 is 0 Å². The van der Waals surface area contributed by atoms with Crippen LogP contribution >= 0.6 is 0 Å². The minimum atomic E-state index is -0.441. The lowest BCUT2D eigenvalue weighted by Gasteiger charge is -2.47. The van der Waals surface area contributed by atoms with Gasteiger partial charge in [-0.3, -0.25) is 9.59 Å². The van der Waals surface area contributed by atoms with Gasteiger partial charge in [0, 0.05) is 29.1 Å². The molecule has 4 rings (SSSR count). The van der Waals surface area contributed by atoms with Gasteiger partial charge in [-0.2, -0.15) is 0 Å². The molecule has 0 unspecified atom stereocenters. The summed E-state index contributed by atoms with van der Waals surface area (Å²) in [4.78, 5) is 31.9. The third-order valence-electron chi connectivity index (χ3n) is 6.12. The molecule has 2 aliphatic rings. The van der Waals surface area contributed by atoms with Crippen molar-refractivity contribution in [3.8, 4) is 5.75 Å². The van der Waals surface area contributed by atoms with Gasteiger partial charge in [-0.25, -0.2) is 0 Å². The summed E-state index contributed by atoms with van der Waals surface area (Å²) in [6.07, 6.45) is 2.03. The zero-order valence-corrected chi connectivity index (χ0v) is 17.9. The summed E-state index contributed by atoms with van der Waals surface area (Å²) in [7, 11) is 1.66. The lowest BCUT2D eigenvalue weighted by atomic mass is 9.84. The fourth-order valence-corrected chi connectivity index (χ4v) is 4.88. The highest BCUT2D eigenvalue weighted by molar-refractivity contribution is 5.99. The van der Waals surface area contributed by atoms with Crippen molar-refractivity contribution in [1.82, 2.24) is 15.2 Å². The Morgan fingerprint density at radius 2 is 1.86 bits per heavy atom. The van der Waals surface area contributed by atoms with Crippen molar-refractivity contribution in [2.75, 3.05) is 7.11 Å². The van der Waals surface area contributed by atoms with Crippen LogP contribution in [0.4, 0.5) is 0 Å². The number of benzene rings is 1. The van der Waals surface area contributed by atoms with Gasteiger partial charge in [0.1, 0.15) is 17.8 Å². The number of ether oxygens (including phenoxy) is 1. The zero-order valence-electron chi connectivity index (χ0n) is 17.9. The highest BCUT2D eigenvalue weighted by Crippen LogP contribution is 2.42. The average Bonchev–Trinajstić information content (AvgIpc) is 3.02. The molecule has 1 fully saturated rings. The molecular formula is C23H31N3O3. The fraction of sp³-hybridized carbons (Fsp3) is 0.565. The summed E-state index contributed by atoms with van der Waals surface area (Å²) in [5.74, 6) is 1.55. The van der Waals surface area contributed by atoms with E-state index in [2.05, 4.69) is 44.1 Å². The van der Waals surface area contributed by atoms with Crippen LogP contribution < -0.4 is 10.1 Å². The summed E-state index contributed by atoms with van der Waals surface area (Å²) in [6.45, 7) is 8.48. The van der Waals surface area contributed by atoms with Crippen molar-refractivity contribution < 1.29 is 14.3 Å². The lowest BCUT2D eigenvalue weighted by molar-refractivity contribution is -0.154. The molecule has 2 aliphatic heterocycles. The number of nitrogens with one attached hydrogen (secondary N) is 2. The average molecular weight is 398 g/mol. The van der Waals surface area contributed by atoms with Gasteiger partial charge in [0.2, 0.25) is 11.8 Å². The standard InChI is InChI=1S/C23H31N3O3/c1-12(2)8-18-23(28)26-19(9-13(3)4)21-16(11-20(26)22(27)25-18)15-7-6-14(29-5)10-17(15)24-21/h6-7,10,12-13,18-20,24H,8-9,11H2,1-5H3,(H,25,27)/t18-,19-,20-/m0/s1. The number of rotatable bonds is 5. The van der Waals surface area contributed by atoms with E-state index in [4.69, 9.17) is 4.74 Å². The van der Waals surface area contributed by atoms with Crippen molar-refractivity contribution in [2.24, 2.45) is 11.8 Å². The second-order valence-corrected chi connectivity index (χ2v) is 9.23. The third kappa shape index (κ3) is 3.38. The Morgan fingerprint density at radius 3 is 2.52 bits per heavy atom. The number of carbonyl (C=O) groups is 2. The quantitative estimate of drug-likeness (QED) is 0.810. The van der Waals surface area contributed by atoms with Gasteiger partial charge < -0.3 is 19.9 Å². The summed E-state index contributed by atoms with van der Waals surface area (Å²) < 4.78 is 5.38. The number of piperazine rings is 1. The smallest absolute Gasteiger partial charge is 0.246 e. The summed E-state index contributed by atoms with van der Waals surface area (Å²) in [6, 6.07) is 5.00. The predicted molar refractivity (Wildman–Crippen MR) is 113 cm³/mol. The van der Waals surface area contributed by atoms with Crippen LogP contribution in [0.3, 0.4) is 0 Å². The highest BCUT2D eigenvalue weighted by Gasteiger charge is 2.48. The number of methoxy groups -OCH3 is 1. The maximum Gasteiger partial charge on any atom is 0.246 e. The van der Waals surface area contributed by atoms with Gasteiger partial charge in [-0.1, -0.05) is 27.7 Å². The first-order chi connectivity index (χ1) is 13.8. The Hall–Kier alpha value is -2.50. The molecule has 156 valence electrons. The monoisotopic (exact) mass is 397 g/mol. The second-order valence-electron chi connectivity index (χ2n) is 9.23. The minimum absolute atomic E-state index is 0.0301. The van der Waals surface area contributed by atoms with E-state index >= 15 is 0 Å². The molecule has 29 heavy (non-hydrogen) atoms. The van der Waals surface area contributed by atoms with Crippen LogP contribution in [-0.4, -0.2) is 40.9 Å². The number of H-pyrrole nitrogens is 1. The van der Waals surface area contributed by atoms with Crippen molar-refractivity contribution >= 4 is 22.7 Å². The number of carbonyl (C=O) groups excluding carboxylic acids is 2. The van der Waals surface area contributed by atoms with Crippen molar-refractivity contribution in [1.29, 1.82) is 0 Å². The lowest BCUT2D eigenvalue weighted by Crippen LogP contribution is -2.66. The van der Waals surface area contributed by atoms with E-state index in [1.54, 1.807) is 7.11 Å². The number of nitrogens with zero attached hydrogens (tertiary/aromatic N) is 1. The van der Waals surface area contributed by atoms with Crippen LogP contribution in [0.2, 0.25) is 0 Å². The first-order valence-electron chi connectivity index (χ1n) is 10.6. The molecule has 0 aliphatic carbocycles. The van der Waals surface area contributed by atoms with Crippen molar-refractivity contribution in [3.05, 3.63) is 29.5 Å². The second kappa shape index (κ2) is 7.39. The Labute approximate surface area is 172 Å².